The van der Waals surface area contributed by atoms with Crippen LogP contribution in [0.25, 0.3) is 17.1 Å². The van der Waals surface area contributed by atoms with Gasteiger partial charge in [-0.1, -0.05) is 33.6 Å². The molecule has 0 aliphatic heterocycles. The normalized spacial score (nSPS) is 10.8. The number of hydrogen-bond acceptors (Lipinski definition) is 4. The van der Waals surface area contributed by atoms with Crippen LogP contribution in [0.3, 0.4) is 0 Å². The van der Waals surface area contributed by atoms with E-state index in [1.54, 1.807) is 16.8 Å². The Hall–Kier alpha value is -1.92. The van der Waals surface area contributed by atoms with Crippen LogP contribution in [0.4, 0.5) is 5.69 Å². The SMILES string of the molecule is Cc1c(Br)cccc1-n1nnnc1-c1ccc(N)c(Cl)c1. The number of nitrogen functional groups attached to an aromatic ring is 1. The Morgan fingerprint density at radius 2 is 2.05 bits per heavy atom. The van der Waals surface area contributed by atoms with Gasteiger partial charge in [0.2, 0.25) is 0 Å². The molecular formula is C14H11BrClN5. The highest BCUT2D eigenvalue weighted by Crippen LogP contribution is 2.28. The van der Waals surface area contributed by atoms with E-state index in [4.69, 9.17) is 17.3 Å². The molecular weight excluding hydrogens is 354 g/mol. The Bertz CT molecular complexity index is 815. The molecule has 2 N–H and O–H groups in total. The Labute approximate surface area is 134 Å². The van der Waals surface area contributed by atoms with Crippen molar-refractivity contribution in [2.45, 2.75) is 6.92 Å². The van der Waals surface area contributed by atoms with Gasteiger partial charge in [-0.15, -0.1) is 5.10 Å². The Morgan fingerprint density at radius 1 is 1.24 bits per heavy atom. The fraction of sp³-hybridized carbons (Fsp3) is 0.0714. The van der Waals surface area contributed by atoms with E-state index in [0.29, 0.717) is 16.5 Å². The van der Waals surface area contributed by atoms with E-state index in [9.17, 15) is 0 Å². The summed E-state index contributed by atoms with van der Waals surface area (Å²) in [6.45, 7) is 2.00. The lowest BCUT2D eigenvalue weighted by atomic mass is 10.1. The lowest BCUT2D eigenvalue weighted by molar-refractivity contribution is 0.787. The first-order valence-electron chi connectivity index (χ1n) is 6.17. The summed E-state index contributed by atoms with van der Waals surface area (Å²) in [7, 11) is 0. The second-order valence-corrected chi connectivity index (χ2v) is 5.80. The van der Waals surface area contributed by atoms with Crippen LogP contribution in [0.1, 0.15) is 5.56 Å². The maximum atomic E-state index is 6.08. The summed E-state index contributed by atoms with van der Waals surface area (Å²) in [4.78, 5) is 0. The molecule has 7 heteroatoms. The van der Waals surface area contributed by atoms with Gasteiger partial charge in [0.05, 0.1) is 16.4 Å². The van der Waals surface area contributed by atoms with Gasteiger partial charge in [-0.2, -0.15) is 4.68 Å². The minimum Gasteiger partial charge on any atom is -0.398 e. The molecule has 0 bridgehead atoms. The monoisotopic (exact) mass is 363 g/mol. The number of benzene rings is 2. The van der Waals surface area contributed by atoms with Gasteiger partial charge >= 0.3 is 0 Å². The van der Waals surface area contributed by atoms with Crippen LogP contribution in [-0.2, 0) is 0 Å². The zero-order valence-electron chi connectivity index (χ0n) is 11.1. The van der Waals surface area contributed by atoms with Crippen LogP contribution in [0.15, 0.2) is 40.9 Å². The average molecular weight is 365 g/mol. The first-order valence-corrected chi connectivity index (χ1v) is 7.34. The summed E-state index contributed by atoms with van der Waals surface area (Å²) < 4.78 is 2.68. The highest BCUT2D eigenvalue weighted by atomic mass is 79.9. The molecule has 0 fully saturated rings. The molecule has 1 aromatic heterocycles. The van der Waals surface area contributed by atoms with Crippen LogP contribution < -0.4 is 5.73 Å². The Morgan fingerprint density at radius 3 is 2.81 bits per heavy atom. The summed E-state index contributed by atoms with van der Waals surface area (Å²) in [5.41, 5.74) is 9.02. The van der Waals surface area contributed by atoms with Gasteiger partial charge in [0.25, 0.3) is 0 Å². The van der Waals surface area contributed by atoms with Crippen molar-refractivity contribution in [3.8, 4) is 17.1 Å². The van der Waals surface area contributed by atoms with Gasteiger partial charge in [0.15, 0.2) is 5.82 Å². The molecule has 0 saturated heterocycles. The number of anilines is 1. The number of rotatable bonds is 2. The standard InChI is InChI=1S/C14H11BrClN5/c1-8-10(15)3-2-4-13(8)21-14(18-19-20-21)9-5-6-12(17)11(16)7-9/h2-7H,17H2,1H3. The number of nitrogens with zero attached hydrogens (tertiary/aromatic N) is 4. The van der Waals surface area contributed by atoms with Crippen LogP contribution >= 0.6 is 27.5 Å². The molecule has 0 unspecified atom stereocenters. The fourth-order valence-electron chi connectivity index (χ4n) is 2.02. The number of halogens is 2. The van der Waals surface area contributed by atoms with Gasteiger partial charge in [-0.3, -0.25) is 0 Å². The molecule has 3 rings (SSSR count). The van der Waals surface area contributed by atoms with Gasteiger partial charge in [-0.05, 0) is 53.2 Å². The van der Waals surface area contributed by atoms with Crippen molar-refractivity contribution >= 4 is 33.2 Å². The molecule has 3 aromatic rings. The lowest BCUT2D eigenvalue weighted by Crippen LogP contribution is -2.02. The zero-order chi connectivity index (χ0) is 15.0. The van der Waals surface area contributed by atoms with E-state index in [0.717, 1.165) is 21.3 Å². The second-order valence-electron chi connectivity index (χ2n) is 4.53. The van der Waals surface area contributed by atoms with Crippen molar-refractivity contribution in [3.05, 3.63) is 51.5 Å². The highest BCUT2D eigenvalue weighted by molar-refractivity contribution is 9.10. The minimum atomic E-state index is 0.480. The van der Waals surface area contributed by atoms with Gasteiger partial charge in [0, 0.05) is 10.0 Å². The maximum Gasteiger partial charge on any atom is 0.187 e. The molecule has 2 aromatic carbocycles. The van der Waals surface area contributed by atoms with Crippen LogP contribution in [0, 0.1) is 6.92 Å². The third kappa shape index (κ3) is 2.52. The molecule has 106 valence electrons. The van der Waals surface area contributed by atoms with E-state index in [1.807, 2.05) is 31.2 Å². The van der Waals surface area contributed by atoms with Gasteiger partial charge < -0.3 is 5.73 Å². The number of nitrogens with two attached hydrogens (primary N) is 1. The molecule has 0 amide bonds. The Kier molecular flexibility index (Phi) is 3.65. The molecule has 0 radical (unpaired) electrons. The maximum absolute atomic E-state index is 6.08. The number of tetrazole rings is 1. The summed E-state index contributed by atoms with van der Waals surface area (Å²) in [6.07, 6.45) is 0. The molecule has 5 nitrogen and oxygen atoms in total. The van der Waals surface area contributed by atoms with E-state index in [2.05, 4.69) is 31.5 Å². The molecule has 0 atom stereocenters. The summed E-state index contributed by atoms with van der Waals surface area (Å²) in [5.74, 6) is 0.609. The van der Waals surface area contributed by atoms with Crippen molar-refractivity contribution in [1.82, 2.24) is 20.2 Å². The third-order valence-corrected chi connectivity index (χ3v) is 4.38. The van der Waals surface area contributed by atoms with Crippen molar-refractivity contribution in [1.29, 1.82) is 0 Å². The molecule has 21 heavy (non-hydrogen) atoms. The van der Waals surface area contributed by atoms with E-state index >= 15 is 0 Å². The van der Waals surface area contributed by atoms with E-state index in [-0.39, 0.29) is 0 Å². The summed E-state index contributed by atoms with van der Waals surface area (Å²) in [6, 6.07) is 11.2. The smallest absolute Gasteiger partial charge is 0.187 e. The molecule has 0 aliphatic rings. The predicted octanol–water partition coefficient (Wildman–Crippen LogP) is 3.64. The van der Waals surface area contributed by atoms with Gasteiger partial charge in [0.1, 0.15) is 0 Å². The minimum absolute atomic E-state index is 0.480. The molecule has 1 heterocycles. The van der Waals surface area contributed by atoms with E-state index in [1.165, 1.54) is 0 Å². The first kappa shape index (κ1) is 14.0. The quantitative estimate of drug-likeness (QED) is 0.705. The number of aromatic nitrogens is 4. The van der Waals surface area contributed by atoms with Crippen molar-refractivity contribution < 1.29 is 0 Å². The zero-order valence-corrected chi connectivity index (χ0v) is 13.4. The van der Waals surface area contributed by atoms with Crippen molar-refractivity contribution in [2.24, 2.45) is 0 Å². The summed E-state index contributed by atoms with van der Waals surface area (Å²) in [5, 5.41) is 12.4. The molecule has 0 spiro atoms. The number of hydrogen-bond donors (Lipinski definition) is 1. The molecule has 0 aliphatic carbocycles. The predicted molar refractivity (Wildman–Crippen MR) is 86.4 cm³/mol. The average Bonchev–Trinajstić information content (AvgIpc) is 2.94. The molecule has 0 saturated carbocycles. The highest BCUT2D eigenvalue weighted by Gasteiger charge is 2.14. The van der Waals surface area contributed by atoms with Crippen LogP contribution in [-0.4, -0.2) is 20.2 Å². The lowest BCUT2D eigenvalue weighted by Gasteiger charge is -2.09. The largest absolute Gasteiger partial charge is 0.398 e. The second kappa shape index (κ2) is 5.46. The van der Waals surface area contributed by atoms with Crippen LogP contribution in [0.2, 0.25) is 5.02 Å². The van der Waals surface area contributed by atoms with E-state index < -0.39 is 0 Å². The topological polar surface area (TPSA) is 69.6 Å². The van der Waals surface area contributed by atoms with Crippen molar-refractivity contribution in [2.75, 3.05) is 5.73 Å². The fourth-order valence-corrected chi connectivity index (χ4v) is 2.56. The van der Waals surface area contributed by atoms with Gasteiger partial charge in [-0.25, -0.2) is 0 Å². The first-order chi connectivity index (χ1) is 10.1. The Balaban J connectivity index is 2.17. The third-order valence-electron chi connectivity index (χ3n) is 3.20. The van der Waals surface area contributed by atoms with Crippen LogP contribution in [0.5, 0.6) is 0 Å². The summed E-state index contributed by atoms with van der Waals surface area (Å²) >= 11 is 9.59. The van der Waals surface area contributed by atoms with Crippen molar-refractivity contribution in [3.63, 3.8) is 0 Å².